The van der Waals surface area contributed by atoms with Crippen molar-refractivity contribution in [3.63, 3.8) is 0 Å². The van der Waals surface area contributed by atoms with Crippen LogP contribution in [-0.4, -0.2) is 31.1 Å². The van der Waals surface area contributed by atoms with Gasteiger partial charge in [-0.1, -0.05) is 24.3 Å². The predicted octanol–water partition coefficient (Wildman–Crippen LogP) is 2.80. The van der Waals surface area contributed by atoms with Gasteiger partial charge in [-0.05, 0) is 29.3 Å². The van der Waals surface area contributed by atoms with Gasteiger partial charge in [0, 0.05) is 13.6 Å². The summed E-state index contributed by atoms with van der Waals surface area (Å²) in [4.78, 5) is 13.8. The summed E-state index contributed by atoms with van der Waals surface area (Å²) in [7, 11) is 1.71. The average Bonchev–Trinajstić information content (AvgIpc) is 2.56. The fraction of sp³-hybridized carbons (Fsp3) is 0.278. The Kier molecular flexibility index (Phi) is 4.46. The molecule has 1 aliphatic heterocycles. The van der Waals surface area contributed by atoms with Crippen molar-refractivity contribution in [2.24, 2.45) is 0 Å². The van der Waals surface area contributed by atoms with E-state index in [2.05, 4.69) is 0 Å². The van der Waals surface area contributed by atoms with Crippen molar-refractivity contribution >= 4 is 5.91 Å². The zero-order valence-electron chi connectivity index (χ0n) is 12.9. The highest BCUT2D eigenvalue weighted by molar-refractivity contribution is 5.78. The summed E-state index contributed by atoms with van der Waals surface area (Å²) in [5, 5.41) is 0. The molecule has 5 heteroatoms. The van der Waals surface area contributed by atoms with Gasteiger partial charge in [0.05, 0.1) is 6.42 Å². The minimum atomic E-state index is -0.353. The highest BCUT2D eigenvalue weighted by atomic mass is 19.1. The van der Waals surface area contributed by atoms with Crippen LogP contribution in [0, 0.1) is 5.82 Å². The first-order chi connectivity index (χ1) is 11.1. The van der Waals surface area contributed by atoms with Crippen molar-refractivity contribution in [3.8, 4) is 11.5 Å². The van der Waals surface area contributed by atoms with Crippen LogP contribution >= 0.6 is 0 Å². The summed E-state index contributed by atoms with van der Waals surface area (Å²) in [5.41, 5.74) is 1.35. The Morgan fingerprint density at radius 2 is 1.87 bits per heavy atom. The van der Waals surface area contributed by atoms with Crippen LogP contribution in [-0.2, 0) is 17.8 Å². The molecule has 0 saturated carbocycles. The van der Waals surface area contributed by atoms with Crippen molar-refractivity contribution < 1.29 is 18.7 Å². The largest absolute Gasteiger partial charge is 0.486 e. The number of hydrogen-bond donors (Lipinski definition) is 0. The normalized spacial score (nSPS) is 12.8. The fourth-order valence-electron chi connectivity index (χ4n) is 2.49. The van der Waals surface area contributed by atoms with Crippen LogP contribution in [0.2, 0.25) is 0 Å². The van der Waals surface area contributed by atoms with E-state index < -0.39 is 0 Å². The van der Waals surface area contributed by atoms with Crippen LogP contribution in [0.5, 0.6) is 11.5 Å². The maximum Gasteiger partial charge on any atom is 0.227 e. The van der Waals surface area contributed by atoms with Crippen LogP contribution in [0.1, 0.15) is 11.1 Å². The van der Waals surface area contributed by atoms with Gasteiger partial charge >= 0.3 is 0 Å². The Bertz CT molecular complexity index is 717. The number of likely N-dealkylation sites (N-methyl/N-ethyl adjacent to an activating group) is 1. The van der Waals surface area contributed by atoms with Crippen molar-refractivity contribution in [1.82, 2.24) is 4.90 Å². The lowest BCUT2D eigenvalue weighted by atomic mass is 10.1. The molecule has 1 heterocycles. The smallest absolute Gasteiger partial charge is 0.227 e. The molecule has 0 bridgehead atoms. The standard InChI is InChI=1S/C18H18FNO3/c1-20(18(21)11-14-4-2-3-5-15(14)19)12-13-6-7-16-17(10-13)23-9-8-22-16/h2-7,10H,8-9,11-12H2,1H3. The summed E-state index contributed by atoms with van der Waals surface area (Å²) < 4.78 is 24.6. The van der Waals surface area contributed by atoms with Gasteiger partial charge in [0.1, 0.15) is 19.0 Å². The molecule has 0 saturated heterocycles. The Morgan fingerprint density at radius 1 is 1.13 bits per heavy atom. The number of hydrogen-bond acceptors (Lipinski definition) is 3. The highest BCUT2D eigenvalue weighted by Gasteiger charge is 2.15. The second kappa shape index (κ2) is 6.69. The number of fused-ring (bicyclic) bond motifs is 1. The van der Waals surface area contributed by atoms with Crippen LogP contribution < -0.4 is 9.47 Å². The van der Waals surface area contributed by atoms with Crippen LogP contribution in [0.4, 0.5) is 4.39 Å². The zero-order chi connectivity index (χ0) is 16.2. The molecule has 0 N–H and O–H groups in total. The average molecular weight is 315 g/mol. The minimum absolute atomic E-state index is 0.0493. The van der Waals surface area contributed by atoms with E-state index in [1.54, 1.807) is 30.1 Å². The third kappa shape index (κ3) is 3.62. The summed E-state index contributed by atoms with van der Waals surface area (Å²) in [6.45, 7) is 1.51. The first kappa shape index (κ1) is 15.3. The number of carbonyl (C=O) groups is 1. The highest BCUT2D eigenvalue weighted by Crippen LogP contribution is 2.31. The maximum atomic E-state index is 13.6. The van der Waals surface area contributed by atoms with E-state index in [4.69, 9.17) is 9.47 Å². The van der Waals surface area contributed by atoms with E-state index in [1.807, 2.05) is 18.2 Å². The minimum Gasteiger partial charge on any atom is -0.486 e. The van der Waals surface area contributed by atoms with E-state index in [9.17, 15) is 9.18 Å². The van der Waals surface area contributed by atoms with Gasteiger partial charge in [-0.25, -0.2) is 4.39 Å². The van der Waals surface area contributed by atoms with Crippen molar-refractivity contribution in [2.45, 2.75) is 13.0 Å². The molecule has 2 aromatic carbocycles. The zero-order valence-corrected chi connectivity index (χ0v) is 12.9. The number of amides is 1. The van der Waals surface area contributed by atoms with E-state index in [-0.39, 0.29) is 18.1 Å². The first-order valence-corrected chi connectivity index (χ1v) is 7.49. The first-order valence-electron chi connectivity index (χ1n) is 7.49. The molecule has 0 fully saturated rings. The van der Waals surface area contributed by atoms with E-state index in [0.717, 1.165) is 11.3 Å². The second-order valence-electron chi connectivity index (χ2n) is 5.50. The number of benzene rings is 2. The van der Waals surface area contributed by atoms with Crippen molar-refractivity contribution in [1.29, 1.82) is 0 Å². The van der Waals surface area contributed by atoms with Gasteiger partial charge in [0.15, 0.2) is 11.5 Å². The van der Waals surface area contributed by atoms with Gasteiger partial charge in [-0.15, -0.1) is 0 Å². The Hall–Kier alpha value is -2.56. The lowest BCUT2D eigenvalue weighted by Crippen LogP contribution is -2.28. The van der Waals surface area contributed by atoms with Gasteiger partial charge in [0.25, 0.3) is 0 Å². The predicted molar refractivity (Wildman–Crippen MR) is 84.0 cm³/mol. The Labute approximate surface area is 134 Å². The van der Waals surface area contributed by atoms with E-state index in [0.29, 0.717) is 31.1 Å². The quantitative estimate of drug-likeness (QED) is 0.871. The number of rotatable bonds is 4. The van der Waals surface area contributed by atoms with E-state index >= 15 is 0 Å². The van der Waals surface area contributed by atoms with Gasteiger partial charge in [0.2, 0.25) is 5.91 Å². The molecule has 0 spiro atoms. The summed E-state index contributed by atoms with van der Waals surface area (Å²) in [5.74, 6) is 0.933. The molecule has 23 heavy (non-hydrogen) atoms. The van der Waals surface area contributed by atoms with Gasteiger partial charge in [-0.2, -0.15) is 0 Å². The monoisotopic (exact) mass is 315 g/mol. The number of nitrogens with zero attached hydrogens (tertiary/aromatic N) is 1. The summed E-state index contributed by atoms with van der Waals surface area (Å²) in [6, 6.07) is 12.0. The number of halogens is 1. The fourth-order valence-corrected chi connectivity index (χ4v) is 2.49. The molecule has 0 radical (unpaired) electrons. The molecule has 0 unspecified atom stereocenters. The maximum absolute atomic E-state index is 13.6. The number of ether oxygens (including phenoxy) is 2. The molecule has 3 rings (SSSR count). The lowest BCUT2D eigenvalue weighted by molar-refractivity contribution is -0.129. The molecule has 0 atom stereocenters. The third-order valence-electron chi connectivity index (χ3n) is 3.75. The SMILES string of the molecule is CN(Cc1ccc2c(c1)OCCO2)C(=O)Cc1ccccc1F. The van der Waals surface area contributed by atoms with Gasteiger partial charge in [-0.3, -0.25) is 4.79 Å². The Balaban J connectivity index is 1.65. The molecule has 0 aromatic heterocycles. The molecule has 0 aliphatic carbocycles. The van der Waals surface area contributed by atoms with Crippen molar-refractivity contribution in [3.05, 3.63) is 59.4 Å². The molecule has 120 valence electrons. The van der Waals surface area contributed by atoms with Crippen LogP contribution in [0.15, 0.2) is 42.5 Å². The van der Waals surface area contributed by atoms with Crippen molar-refractivity contribution in [2.75, 3.05) is 20.3 Å². The topological polar surface area (TPSA) is 38.8 Å². The Morgan fingerprint density at radius 3 is 2.65 bits per heavy atom. The summed E-state index contributed by atoms with van der Waals surface area (Å²) in [6.07, 6.45) is 0.0493. The molecule has 1 aliphatic rings. The molecule has 1 amide bonds. The van der Waals surface area contributed by atoms with Crippen LogP contribution in [0.3, 0.4) is 0 Å². The van der Waals surface area contributed by atoms with Gasteiger partial charge < -0.3 is 14.4 Å². The molecule has 2 aromatic rings. The molecular formula is C18H18FNO3. The molecular weight excluding hydrogens is 297 g/mol. The summed E-state index contributed by atoms with van der Waals surface area (Å²) >= 11 is 0. The second-order valence-corrected chi connectivity index (χ2v) is 5.50. The lowest BCUT2D eigenvalue weighted by Gasteiger charge is -2.21. The van der Waals surface area contributed by atoms with E-state index in [1.165, 1.54) is 6.07 Å². The van der Waals surface area contributed by atoms with Crippen LogP contribution in [0.25, 0.3) is 0 Å². The third-order valence-corrected chi connectivity index (χ3v) is 3.75. The molecule has 4 nitrogen and oxygen atoms in total. The number of carbonyl (C=O) groups excluding carboxylic acids is 1.